The summed E-state index contributed by atoms with van der Waals surface area (Å²) in [5, 5.41) is 52.5. The summed E-state index contributed by atoms with van der Waals surface area (Å²) in [6.07, 6.45) is 5.10. The van der Waals surface area contributed by atoms with Gasteiger partial charge in [0.05, 0.1) is 12.7 Å². The Morgan fingerprint density at radius 1 is 1.11 bits per heavy atom. The molecule has 0 bridgehead atoms. The highest BCUT2D eigenvalue weighted by Gasteiger charge is 2.43. The summed E-state index contributed by atoms with van der Waals surface area (Å²) >= 11 is 1.47. The molecule has 2 heterocycles. The van der Waals surface area contributed by atoms with Gasteiger partial charge in [-0.1, -0.05) is 57.1 Å². The van der Waals surface area contributed by atoms with Crippen LogP contribution in [0.5, 0.6) is 0 Å². The number of unbranched alkanes of at least 4 members (excludes halogenated alkanes) is 7. The Hall–Kier alpha value is -1.77. The third-order valence-corrected chi connectivity index (χ3v) is 7.31. The second kappa shape index (κ2) is 17.7. The van der Waals surface area contributed by atoms with Gasteiger partial charge in [-0.15, -0.1) is 5.10 Å². The summed E-state index contributed by atoms with van der Waals surface area (Å²) in [5.41, 5.74) is 0. The fourth-order valence-electron chi connectivity index (χ4n) is 4.06. The largest absolute Gasteiger partial charge is 0.388 e. The number of hydrogen-bond donors (Lipinski definition) is 6. The number of thioether (sulfide) groups is 1. The molecule has 1 aromatic heterocycles. The van der Waals surface area contributed by atoms with Crippen molar-refractivity contribution in [3.05, 3.63) is 19.5 Å². The first-order valence-corrected chi connectivity index (χ1v) is 14.5. The molecule has 1 aliphatic rings. The van der Waals surface area contributed by atoms with E-state index in [1.807, 2.05) is 0 Å². The van der Waals surface area contributed by atoms with Crippen molar-refractivity contribution in [2.24, 2.45) is 0 Å². The van der Waals surface area contributed by atoms with Gasteiger partial charge in [0, 0.05) is 12.2 Å². The van der Waals surface area contributed by atoms with Gasteiger partial charge in [-0.3, -0.25) is 9.59 Å². The number of carbonyl (C=O) groups is 2. The van der Waals surface area contributed by atoms with Crippen molar-refractivity contribution in [1.82, 2.24) is 20.3 Å². The maximum absolute atomic E-state index is 12.9. The van der Waals surface area contributed by atoms with Crippen LogP contribution in [0.2, 0.25) is 0 Å². The second-order valence-electron chi connectivity index (χ2n) is 9.52. The molecule has 12 nitrogen and oxygen atoms in total. The van der Waals surface area contributed by atoms with Gasteiger partial charge in [0.15, 0.2) is 12.1 Å². The van der Waals surface area contributed by atoms with Crippen LogP contribution in [0.4, 0.5) is 5.82 Å². The number of ether oxygens (including phenoxy) is 1. The predicted octanol–water partition coefficient (Wildman–Crippen LogP) is 0.804. The lowest BCUT2D eigenvalue weighted by molar-refractivity contribution is -0.284. The molecule has 0 aliphatic carbocycles. The number of nitrogens with one attached hydrogen (secondary N) is 2. The van der Waals surface area contributed by atoms with Crippen LogP contribution in [0.3, 0.4) is 0 Å². The molecule has 1 aromatic rings. The normalized spacial score (nSPS) is 24.2. The Bertz CT molecular complexity index is 830. The lowest BCUT2D eigenvalue weighted by atomic mass is 9.99. The molecular weight excluding hydrogens is 514 g/mol. The summed E-state index contributed by atoms with van der Waals surface area (Å²) < 4.78 is 6.41. The lowest BCUT2D eigenvalue weighted by Crippen LogP contribution is -2.58. The van der Waals surface area contributed by atoms with Gasteiger partial charge in [-0.25, -0.2) is 4.68 Å². The molecule has 0 spiro atoms. The zero-order valence-electron chi connectivity index (χ0n) is 22.1. The van der Waals surface area contributed by atoms with Crippen LogP contribution >= 0.6 is 11.8 Å². The molecule has 2 amide bonds. The Morgan fingerprint density at radius 2 is 1.79 bits per heavy atom. The van der Waals surface area contributed by atoms with Crippen molar-refractivity contribution in [2.75, 3.05) is 16.8 Å². The number of amides is 2. The first-order chi connectivity index (χ1) is 18.3. The minimum absolute atomic E-state index is 0.0984. The van der Waals surface area contributed by atoms with Crippen LogP contribution in [0.1, 0.15) is 64.7 Å². The molecule has 0 saturated carbocycles. The summed E-state index contributed by atoms with van der Waals surface area (Å²) in [6, 6.07) is -0.776. The Balaban J connectivity index is 1.83. The average Bonchev–Trinajstić information content (AvgIpc) is 3.33. The summed E-state index contributed by atoms with van der Waals surface area (Å²) in [7, 11) is 0. The van der Waals surface area contributed by atoms with Crippen LogP contribution in [0.25, 0.3) is 0 Å². The van der Waals surface area contributed by atoms with Gasteiger partial charge in [-0.2, -0.15) is 11.8 Å². The highest BCUT2D eigenvalue weighted by molar-refractivity contribution is 7.99. The smallest absolute Gasteiger partial charge is 0.249 e. The summed E-state index contributed by atoms with van der Waals surface area (Å²) in [6.45, 7) is 5.77. The molecule has 2 rings (SSSR count). The zero-order valence-corrected chi connectivity index (χ0v) is 22.9. The predicted molar refractivity (Wildman–Crippen MR) is 144 cm³/mol. The minimum atomic E-state index is -1.66. The maximum Gasteiger partial charge on any atom is 0.249 e. The van der Waals surface area contributed by atoms with Gasteiger partial charge >= 0.3 is 0 Å². The van der Waals surface area contributed by atoms with Gasteiger partial charge in [0.1, 0.15) is 30.5 Å². The molecule has 1 fully saturated rings. The molecule has 5 unspecified atom stereocenters. The van der Waals surface area contributed by atoms with E-state index >= 15 is 0 Å². The number of aliphatic hydroxyl groups excluding tert-OH is 4. The van der Waals surface area contributed by atoms with Crippen molar-refractivity contribution in [1.29, 1.82) is 0 Å². The van der Waals surface area contributed by atoms with E-state index in [1.165, 1.54) is 54.7 Å². The average molecular weight is 558 g/mol. The zero-order chi connectivity index (χ0) is 27.9. The highest BCUT2D eigenvalue weighted by atomic mass is 32.2. The van der Waals surface area contributed by atoms with E-state index < -0.39 is 42.7 Å². The quantitative estimate of drug-likeness (QED) is 0.141. The van der Waals surface area contributed by atoms with Gasteiger partial charge in [0.25, 0.3) is 0 Å². The lowest BCUT2D eigenvalue weighted by Gasteiger charge is -2.38. The maximum atomic E-state index is 12.9. The van der Waals surface area contributed by atoms with Crippen molar-refractivity contribution in [2.45, 2.75) is 108 Å². The van der Waals surface area contributed by atoms with E-state index in [4.69, 9.17) is 4.74 Å². The first-order valence-electron chi connectivity index (χ1n) is 13.3. The molecule has 6 atom stereocenters. The number of aliphatic hydroxyl groups is 4. The Labute approximate surface area is 228 Å². The molecule has 216 valence electrons. The molecule has 1 saturated heterocycles. The Morgan fingerprint density at radius 3 is 2.47 bits per heavy atom. The van der Waals surface area contributed by atoms with E-state index in [2.05, 4.69) is 34.8 Å². The number of aromatic nitrogens is 3. The van der Waals surface area contributed by atoms with Crippen LogP contribution < -0.4 is 10.6 Å². The molecule has 2 radical (unpaired) electrons. The fraction of sp³-hybridized carbons (Fsp3) is 0.760. The third-order valence-electron chi connectivity index (χ3n) is 6.27. The van der Waals surface area contributed by atoms with Crippen LogP contribution in [-0.4, -0.2) is 95.5 Å². The third kappa shape index (κ3) is 11.1. The number of hydrogen-bond acceptors (Lipinski definition) is 10. The second-order valence-corrected chi connectivity index (χ2v) is 10.6. The monoisotopic (exact) mass is 557 g/mol. The van der Waals surface area contributed by atoms with Gasteiger partial charge in [-0.05, 0) is 25.5 Å². The molecule has 0 aromatic carbocycles. The van der Waals surface area contributed by atoms with E-state index in [-0.39, 0.29) is 18.3 Å². The molecular formula is C25H43N5O7S. The van der Waals surface area contributed by atoms with E-state index in [0.717, 1.165) is 19.3 Å². The molecule has 1 aliphatic heterocycles. The van der Waals surface area contributed by atoms with Crippen LogP contribution in [-0.2, 0) is 20.9 Å². The molecule has 38 heavy (non-hydrogen) atoms. The fourth-order valence-corrected chi connectivity index (χ4v) is 4.84. The topological polar surface area (TPSA) is 179 Å². The van der Waals surface area contributed by atoms with E-state index in [0.29, 0.717) is 17.9 Å². The van der Waals surface area contributed by atoms with Gasteiger partial charge in [0.2, 0.25) is 11.8 Å². The first kappa shape index (κ1) is 32.4. The van der Waals surface area contributed by atoms with E-state index in [9.17, 15) is 30.0 Å². The van der Waals surface area contributed by atoms with Crippen molar-refractivity contribution < 1.29 is 34.8 Å². The molecule has 13 heteroatoms. The SMILES string of the molecule is [CH2][CH]CSC[C@@H](NC(=O)CCCCCCCCCC)C(=O)Nc1cn(CC2OC(O)C(O)C(O)C2O)nn1. The van der Waals surface area contributed by atoms with Crippen molar-refractivity contribution in [3.8, 4) is 0 Å². The number of nitrogens with zero attached hydrogens (tertiary/aromatic N) is 3. The van der Waals surface area contributed by atoms with Crippen molar-refractivity contribution in [3.63, 3.8) is 0 Å². The minimum Gasteiger partial charge on any atom is -0.388 e. The number of rotatable bonds is 18. The van der Waals surface area contributed by atoms with Crippen LogP contribution in [0.15, 0.2) is 6.20 Å². The standard InChI is InChI=1S/C25H43N5O7S/c1-3-5-6-7-8-9-10-11-12-20(31)26-17(16-38-13-4-2)24(35)27-19-15-30(29-28-19)14-18-21(32)22(33)23(34)25(36)37-18/h4,15,17-18,21-23,25,32-34,36H,2-3,5-14,16H2,1H3,(H,26,31)(H,27,35)/t17-,18?,21?,22?,23?,25?/m1/s1. The summed E-state index contributed by atoms with van der Waals surface area (Å²) in [4.78, 5) is 25.4. The Kier molecular flexibility index (Phi) is 15.2. The number of carbonyl (C=O) groups excluding carboxylic acids is 2. The van der Waals surface area contributed by atoms with E-state index in [1.54, 1.807) is 6.42 Å². The molecule has 6 N–H and O–H groups in total. The summed E-state index contributed by atoms with van der Waals surface area (Å²) in [5.74, 6) is 0.485. The van der Waals surface area contributed by atoms with Crippen LogP contribution in [0, 0.1) is 13.3 Å². The highest BCUT2D eigenvalue weighted by Crippen LogP contribution is 2.21. The van der Waals surface area contributed by atoms with Gasteiger partial charge < -0.3 is 35.8 Å². The number of anilines is 1. The van der Waals surface area contributed by atoms with Crippen molar-refractivity contribution >= 4 is 29.4 Å².